The largest absolute Gasteiger partial charge is 0.335 e. The lowest BCUT2D eigenvalue weighted by molar-refractivity contribution is -0.120. The van der Waals surface area contributed by atoms with E-state index in [1.807, 2.05) is 37.6 Å². The maximum atomic E-state index is 12.4. The molecule has 0 aliphatic carbocycles. The van der Waals surface area contributed by atoms with Crippen LogP contribution in [0.2, 0.25) is 5.02 Å². The Balaban J connectivity index is 1.73. The molecule has 0 saturated carbocycles. The van der Waals surface area contributed by atoms with Crippen molar-refractivity contribution >= 4 is 23.2 Å². The van der Waals surface area contributed by atoms with Crippen molar-refractivity contribution in [1.29, 1.82) is 0 Å². The summed E-state index contributed by atoms with van der Waals surface area (Å²) in [7, 11) is 0. The zero-order valence-corrected chi connectivity index (χ0v) is 12.0. The molecule has 0 saturated heterocycles. The van der Waals surface area contributed by atoms with Crippen LogP contribution >= 0.6 is 11.6 Å². The fourth-order valence-electron chi connectivity index (χ4n) is 2.57. The van der Waals surface area contributed by atoms with Gasteiger partial charge in [0.05, 0.1) is 6.33 Å². The molecule has 0 bridgehead atoms. The molecule has 104 valence electrons. The Morgan fingerprint density at radius 1 is 1.50 bits per heavy atom. The quantitative estimate of drug-likeness (QED) is 0.924. The highest BCUT2D eigenvalue weighted by atomic mass is 35.5. The molecule has 1 unspecified atom stereocenters. The third-order valence-corrected chi connectivity index (χ3v) is 4.28. The maximum absolute atomic E-state index is 12.4. The van der Waals surface area contributed by atoms with Gasteiger partial charge in [-0.15, -0.1) is 0 Å². The van der Waals surface area contributed by atoms with Gasteiger partial charge in [-0.25, -0.2) is 4.98 Å². The van der Waals surface area contributed by atoms with E-state index >= 15 is 0 Å². The zero-order valence-electron chi connectivity index (χ0n) is 11.3. The van der Waals surface area contributed by atoms with Crippen molar-refractivity contribution in [2.75, 3.05) is 5.32 Å². The number of hydrogen-bond donors (Lipinski definition) is 1. The van der Waals surface area contributed by atoms with E-state index in [0.717, 1.165) is 36.3 Å². The molecule has 4 nitrogen and oxygen atoms in total. The summed E-state index contributed by atoms with van der Waals surface area (Å²) in [5.74, 6) is 0.0559. The summed E-state index contributed by atoms with van der Waals surface area (Å²) in [4.78, 5) is 16.5. The van der Waals surface area contributed by atoms with Crippen LogP contribution in [0.15, 0.2) is 30.7 Å². The van der Waals surface area contributed by atoms with Crippen molar-refractivity contribution in [1.82, 2.24) is 9.55 Å². The number of halogens is 1. The van der Waals surface area contributed by atoms with Crippen LogP contribution in [-0.4, -0.2) is 15.5 Å². The molecule has 2 aromatic rings. The number of hydrogen-bond acceptors (Lipinski definition) is 2. The Labute approximate surface area is 122 Å². The minimum Gasteiger partial charge on any atom is -0.335 e. The number of aromatic nitrogens is 2. The fraction of sp³-hybridized carbons (Fsp3) is 0.333. The van der Waals surface area contributed by atoms with E-state index < -0.39 is 0 Å². The molecule has 1 aliphatic rings. The monoisotopic (exact) mass is 289 g/mol. The molecule has 1 aliphatic heterocycles. The molecule has 3 rings (SSSR count). The average molecular weight is 290 g/mol. The normalized spacial score (nSPS) is 17.6. The zero-order chi connectivity index (χ0) is 14.1. The van der Waals surface area contributed by atoms with Crippen molar-refractivity contribution in [3.63, 3.8) is 0 Å². The smallest absolute Gasteiger partial charge is 0.227 e. The van der Waals surface area contributed by atoms with Crippen molar-refractivity contribution in [3.05, 3.63) is 47.0 Å². The molecule has 1 aromatic heterocycles. The van der Waals surface area contributed by atoms with Gasteiger partial charge in [-0.2, -0.15) is 0 Å². The van der Waals surface area contributed by atoms with Gasteiger partial charge < -0.3 is 9.88 Å². The van der Waals surface area contributed by atoms with E-state index in [2.05, 4.69) is 14.9 Å². The number of carbonyl (C=O) groups is 1. The second-order valence-corrected chi connectivity index (χ2v) is 5.58. The molecular weight excluding hydrogens is 274 g/mol. The summed E-state index contributed by atoms with van der Waals surface area (Å²) in [6.07, 6.45) is 5.24. The summed E-state index contributed by atoms with van der Waals surface area (Å²) >= 11 is 6.07. The van der Waals surface area contributed by atoms with E-state index in [4.69, 9.17) is 11.6 Å². The molecule has 5 heteroatoms. The van der Waals surface area contributed by atoms with Crippen molar-refractivity contribution in [2.24, 2.45) is 5.92 Å². The molecule has 1 amide bonds. The predicted molar refractivity (Wildman–Crippen MR) is 78.9 cm³/mol. The second-order valence-electron chi connectivity index (χ2n) is 5.17. The minimum atomic E-state index is -0.00224. The lowest BCUT2D eigenvalue weighted by atomic mass is 9.95. The molecule has 0 radical (unpaired) electrons. The number of imidazole rings is 1. The molecule has 2 heterocycles. The summed E-state index contributed by atoms with van der Waals surface area (Å²) in [6, 6.07) is 5.55. The Morgan fingerprint density at radius 2 is 2.35 bits per heavy atom. The lowest BCUT2D eigenvalue weighted by Crippen LogP contribution is -2.30. The fourth-order valence-corrected chi connectivity index (χ4v) is 2.74. The van der Waals surface area contributed by atoms with Gasteiger partial charge in [-0.1, -0.05) is 17.7 Å². The Bertz CT molecular complexity index is 650. The first-order valence-electron chi connectivity index (χ1n) is 6.70. The van der Waals surface area contributed by atoms with Gasteiger partial charge >= 0.3 is 0 Å². The summed E-state index contributed by atoms with van der Waals surface area (Å²) < 4.78 is 2.11. The standard InChI is InChI=1S/C15H16ClN3O/c1-10-13(16)3-2-4-14(10)18-15(20)11-5-6-19-9-17-8-12(19)7-11/h2-4,8-9,11H,5-7H2,1H3,(H,18,20). The first-order valence-corrected chi connectivity index (χ1v) is 7.08. The van der Waals surface area contributed by atoms with Gasteiger partial charge in [-0.3, -0.25) is 4.79 Å². The molecule has 20 heavy (non-hydrogen) atoms. The lowest BCUT2D eigenvalue weighted by Gasteiger charge is -2.23. The Hall–Kier alpha value is -1.81. The maximum Gasteiger partial charge on any atom is 0.227 e. The number of nitrogens with one attached hydrogen (secondary N) is 1. The number of nitrogens with zero attached hydrogens (tertiary/aromatic N) is 2. The van der Waals surface area contributed by atoms with E-state index in [-0.39, 0.29) is 11.8 Å². The van der Waals surface area contributed by atoms with Crippen LogP contribution in [-0.2, 0) is 17.8 Å². The first kappa shape index (κ1) is 13.2. The van der Waals surface area contributed by atoms with Crippen molar-refractivity contribution < 1.29 is 4.79 Å². The Kier molecular flexibility index (Phi) is 3.49. The van der Waals surface area contributed by atoms with Gasteiger partial charge in [0.25, 0.3) is 0 Å². The third-order valence-electron chi connectivity index (χ3n) is 3.87. The van der Waals surface area contributed by atoms with E-state index in [0.29, 0.717) is 5.02 Å². The average Bonchev–Trinajstić information content (AvgIpc) is 2.91. The predicted octanol–water partition coefficient (Wildman–Crippen LogP) is 3.05. The van der Waals surface area contributed by atoms with Gasteiger partial charge in [0.2, 0.25) is 5.91 Å². The van der Waals surface area contributed by atoms with E-state index in [9.17, 15) is 4.79 Å². The topological polar surface area (TPSA) is 46.9 Å². The highest BCUT2D eigenvalue weighted by Gasteiger charge is 2.25. The van der Waals surface area contributed by atoms with Crippen LogP contribution in [0, 0.1) is 12.8 Å². The van der Waals surface area contributed by atoms with Crippen LogP contribution in [0.3, 0.4) is 0 Å². The van der Waals surface area contributed by atoms with Crippen molar-refractivity contribution in [3.8, 4) is 0 Å². The number of fused-ring (bicyclic) bond motifs is 1. The second kappa shape index (κ2) is 5.29. The number of benzene rings is 1. The van der Waals surface area contributed by atoms with Gasteiger partial charge in [0.15, 0.2) is 0 Å². The highest BCUT2D eigenvalue weighted by molar-refractivity contribution is 6.31. The molecule has 0 fully saturated rings. The SMILES string of the molecule is Cc1c(Cl)cccc1NC(=O)C1CCn2cncc2C1. The summed E-state index contributed by atoms with van der Waals surface area (Å²) in [5.41, 5.74) is 2.82. The number of anilines is 1. The number of amides is 1. The van der Waals surface area contributed by atoms with E-state index in [1.165, 1.54) is 0 Å². The van der Waals surface area contributed by atoms with Gasteiger partial charge in [0.1, 0.15) is 0 Å². The molecule has 1 aromatic carbocycles. The summed E-state index contributed by atoms with van der Waals surface area (Å²) in [6.45, 7) is 2.76. The van der Waals surface area contributed by atoms with Crippen LogP contribution in [0.4, 0.5) is 5.69 Å². The van der Waals surface area contributed by atoms with Crippen molar-refractivity contribution in [2.45, 2.75) is 26.3 Å². The number of rotatable bonds is 2. The van der Waals surface area contributed by atoms with Crippen LogP contribution < -0.4 is 5.32 Å². The minimum absolute atomic E-state index is 0.00224. The number of aryl methyl sites for hydroxylation is 1. The van der Waals surface area contributed by atoms with Crippen LogP contribution in [0.5, 0.6) is 0 Å². The van der Waals surface area contributed by atoms with Crippen LogP contribution in [0.25, 0.3) is 0 Å². The molecule has 1 N–H and O–H groups in total. The van der Waals surface area contributed by atoms with Gasteiger partial charge in [0, 0.05) is 41.5 Å². The van der Waals surface area contributed by atoms with Gasteiger partial charge in [-0.05, 0) is 31.0 Å². The third kappa shape index (κ3) is 2.43. The molecule has 0 spiro atoms. The first-order chi connectivity index (χ1) is 9.65. The molecule has 1 atom stereocenters. The van der Waals surface area contributed by atoms with Crippen LogP contribution in [0.1, 0.15) is 17.7 Å². The number of carbonyl (C=O) groups excluding carboxylic acids is 1. The highest BCUT2D eigenvalue weighted by Crippen LogP contribution is 2.25. The summed E-state index contributed by atoms with van der Waals surface area (Å²) in [5, 5.41) is 3.66. The van der Waals surface area contributed by atoms with E-state index in [1.54, 1.807) is 0 Å². The molecular formula is C15H16ClN3O. The Morgan fingerprint density at radius 3 is 3.20 bits per heavy atom.